The van der Waals surface area contributed by atoms with Gasteiger partial charge in [-0.3, -0.25) is 0 Å². The van der Waals surface area contributed by atoms with Crippen LogP contribution < -0.4 is 0 Å². The molecule has 0 aliphatic rings. The van der Waals surface area contributed by atoms with Gasteiger partial charge >= 0.3 is 5.97 Å². The molecular formula is C25H37BrO4. The van der Waals surface area contributed by atoms with E-state index >= 15 is 0 Å². The van der Waals surface area contributed by atoms with Crippen LogP contribution in [-0.2, 0) is 4.79 Å². The quantitative estimate of drug-likeness (QED) is 0.147. The van der Waals surface area contributed by atoms with Gasteiger partial charge in [-0.25, -0.2) is 4.79 Å². The van der Waals surface area contributed by atoms with Crippen LogP contribution in [0.5, 0.6) is 0 Å². The molecule has 0 aromatic heterocycles. The minimum Gasteiger partial charge on any atom is -0.478 e. The predicted octanol–water partition coefficient (Wildman–Crippen LogP) is 6.24. The minimum atomic E-state index is -0.962. The molecule has 0 rings (SSSR count). The molecule has 0 heterocycles. The number of allylic oxidation sites excluding steroid dienone is 10. The zero-order chi connectivity index (χ0) is 22.8. The van der Waals surface area contributed by atoms with Crippen molar-refractivity contribution in [1.82, 2.24) is 0 Å². The Hall–Kier alpha value is -1.69. The summed E-state index contributed by atoms with van der Waals surface area (Å²) in [5, 5.41) is 28.5. The Morgan fingerprint density at radius 3 is 2.30 bits per heavy atom. The van der Waals surface area contributed by atoms with Crippen molar-refractivity contribution >= 4 is 21.9 Å². The average molecular weight is 481 g/mol. The number of rotatable bonds is 15. The van der Waals surface area contributed by atoms with Crippen LogP contribution in [0.15, 0.2) is 70.8 Å². The molecule has 0 aliphatic carbocycles. The van der Waals surface area contributed by atoms with Crippen molar-refractivity contribution in [3.05, 3.63) is 70.8 Å². The Morgan fingerprint density at radius 2 is 1.63 bits per heavy atom. The van der Waals surface area contributed by atoms with Crippen molar-refractivity contribution in [2.45, 2.75) is 71.5 Å². The molecule has 3 atom stereocenters. The summed E-state index contributed by atoms with van der Waals surface area (Å²) in [7, 11) is 0. The zero-order valence-electron chi connectivity index (χ0n) is 18.4. The van der Waals surface area contributed by atoms with Gasteiger partial charge in [0, 0.05) is 6.08 Å². The summed E-state index contributed by atoms with van der Waals surface area (Å²) in [6.07, 6.45) is 21.8. The normalized spacial score (nSPS) is 16.9. The van der Waals surface area contributed by atoms with Gasteiger partial charge in [0.1, 0.15) is 0 Å². The summed E-state index contributed by atoms with van der Waals surface area (Å²) >= 11 is 3.61. The Balaban J connectivity index is 4.26. The highest BCUT2D eigenvalue weighted by molar-refractivity contribution is 9.11. The van der Waals surface area contributed by atoms with E-state index in [-0.39, 0.29) is 6.10 Å². The van der Waals surface area contributed by atoms with Crippen LogP contribution >= 0.6 is 15.9 Å². The fourth-order valence-corrected chi connectivity index (χ4v) is 2.98. The lowest BCUT2D eigenvalue weighted by molar-refractivity contribution is -0.131. The molecule has 4 nitrogen and oxygen atoms in total. The van der Waals surface area contributed by atoms with Crippen molar-refractivity contribution < 1.29 is 20.1 Å². The van der Waals surface area contributed by atoms with Gasteiger partial charge in [-0.15, -0.1) is 0 Å². The van der Waals surface area contributed by atoms with E-state index in [0.29, 0.717) is 18.8 Å². The molecule has 30 heavy (non-hydrogen) atoms. The number of halogens is 1. The molecule has 0 aromatic carbocycles. The highest BCUT2D eigenvalue weighted by Gasteiger charge is 2.10. The van der Waals surface area contributed by atoms with Gasteiger partial charge in [0.2, 0.25) is 0 Å². The van der Waals surface area contributed by atoms with E-state index in [0.717, 1.165) is 41.8 Å². The maximum absolute atomic E-state index is 10.4. The number of carboxylic acid groups (broad SMARTS) is 1. The molecule has 0 bridgehead atoms. The van der Waals surface area contributed by atoms with Crippen LogP contribution in [0.25, 0.3) is 0 Å². The lowest BCUT2D eigenvalue weighted by Crippen LogP contribution is -2.10. The standard InChI is InChI=1S/C25H37BrO4/c1-4-5-13-22(27)14-10-15-23(28)19-18-21(3)24(26)16-8-6-11-20(2)12-7-9-17-25(29)30/h5-9,11-13,16-17,21-23,27-28H,4,10,14-15,18-19H2,1-3H3,(H,29,30)/b8-6+,12-7+,13-5+,17-9+,20-11+,24-16-/t21-,22+,23?/m0/s1. The number of aliphatic carboxylic acids is 1. The van der Waals surface area contributed by atoms with Crippen LogP contribution in [-0.4, -0.2) is 33.5 Å². The lowest BCUT2D eigenvalue weighted by Gasteiger charge is -2.15. The lowest BCUT2D eigenvalue weighted by atomic mass is 9.99. The van der Waals surface area contributed by atoms with Crippen molar-refractivity contribution in [1.29, 1.82) is 0 Å². The Labute approximate surface area is 190 Å². The smallest absolute Gasteiger partial charge is 0.328 e. The predicted molar refractivity (Wildman–Crippen MR) is 130 cm³/mol. The molecule has 0 fully saturated rings. The summed E-state index contributed by atoms with van der Waals surface area (Å²) in [5.74, 6) is -0.648. The Morgan fingerprint density at radius 1 is 0.967 bits per heavy atom. The highest BCUT2D eigenvalue weighted by atomic mass is 79.9. The molecular weight excluding hydrogens is 444 g/mol. The molecule has 0 aromatic rings. The van der Waals surface area contributed by atoms with Gasteiger partial charge in [0.05, 0.1) is 12.2 Å². The molecule has 5 heteroatoms. The number of carboxylic acids is 1. The van der Waals surface area contributed by atoms with Gasteiger partial charge in [-0.2, -0.15) is 0 Å². The third kappa shape index (κ3) is 17.2. The SMILES string of the molecule is CC/C=C/[C@@H](O)CCCC(O)CC[C@H](C)/C(Br)=C/C=C/C=C(C)/C=C/C=C/C(=O)O. The second-order valence-electron chi connectivity index (χ2n) is 7.37. The second-order valence-corrected chi connectivity index (χ2v) is 8.29. The molecule has 3 N–H and O–H groups in total. The highest BCUT2D eigenvalue weighted by Crippen LogP contribution is 2.24. The van der Waals surface area contributed by atoms with Gasteiger partial charge in [-0.05, 0) is 55.8 Å². The minimum absolute atomic E-state index is 0.313. The number of carbonyl (C=O) groups is 1. The van der Waals surface area contributed by atoms with E-state index in [9.17, 15) is 15.0 Å². The monoisotopic (exact) mass is 480 g/mol. The fourth-order valence-electron chi connectivity index (χ4n) is 2.60. The van der Waals surface area contributed by atoms with Gasteiger partial charge in [0.25, 0.3) is 0 Å². The van der Waals surface area contributed by atoms with E-state index in [1.807, 2.05) is 56.4 Å². The third-order valence-electron chi connectivity index (χ3n) is 4.47. The van der Waals surface area contributed by atoms with Gasteiger partial charge in [0.15, 0.2) is 0 Å². The van der Waals surface area contributed by atoms with Crippen LogP contribution in [0.4, 0.5) is 0 Å². The number of aliphatic hydroxyl groups is 2. The summed E-state index contributed by atoms with van der Waals surface area (Å²) in [6, 6.07) is 0. The average Bonchev–Trinajstić information content (AvgIpc) is 2.70. The number of aliphatic hydroxyl groups excluding tert-OH is 2. The Kier molecular flexibility index (Phi) is 17.1. The molecule has 0 saturated carbocycles. The first-order valence-corrected chi connectivity index (χ1v) is 11.4. The second kappa shape index (κ2) is 18.1. The molecule has 1 unspecified atom stereocenters. The van der Waals surface area contributed by atoms with Crippen molar-refractivity contribution in [2.75, 3.05) is 0 Å². The molecule has 0 saturated heterocycles. The van der Waals surface area contributed by atoms with Crippen LogP contribution in [0.3, 0.4) is 0 Å². The third-order valence-corrected chi connectivity index (χ3v) is 5.52. The number of hydrogen-bond donors (Lipinski definition) is 3. The summed E-state index contributed by atoms with van der Waals surface area (Å²) in [5.41, 5.74) is 1.01. The topological polar surface area (TPSA) is 77.8 Å². The maximum Gasteiger partial charge on any atom is 0.328 e. The van der Waals surface area contributed by atoms with Crippen molar-refractivity contribution in [3.63, 3.8) is 0 Å². The Bertz CT molecular complexity index is 656. The van der Waals surface area contributed by atoms with Crippen molar-refractivity contribution in [2.24, 2.45) is 5.92 Å². The van der Waals surface area contributed by atoms with E-state index in [1.54, 1.807) is 6.08 Å². The van der Waals surface area contributed by atoms with Crippen LogP contribution in [0, 0.1) is 5.92 Å². The maximum atomic E-state index is 10.4. The summed E-state index contributed by atoms with van der Waals surface area (Å²) in [4.78, 5) is 10.4. The summed E-state index contributed by atoms with van der Waals surface area (Å²) < 4.78 is 1.08. The van der Waals surface area contributed by atoms with Crippen molar-refractivity contribution in [3.8, 4) is 0 Å². The molecule has 0 amide bonds. The molecule has 0 aliphatic heterocycles. The summed E-state index contributed by atoms with van der Waals surface area (Å²) in [6.45, 7) is 6.10. The first kappa shape index (κ1) is 28.3. The van der Waals surface area contributed by atoms with Crippen LogP contribution in [0.1, 0.15) is 59.3 Å². The molecule has 0 radical (unpaired) electrons. The van der Waals surface area contributed by atoms with Gasteiger partial charge < -0.3 is 15.3 Å². The van der Waals surface area contributed by atoms with E-state index in [2.05, 4.69) is 22.9 Å². The van der Waals surface area contributed by atoms with E-state index in [1.165, 1.54) is 6.08 Å². The molecule has 168 valence electrons. The first-order valence-electron chi connectivity index (χ1n) is 10.6. The number of hydrogen-bond acceptors (Lipinski definition) is 3. The van der Waals surface area contributed by atoms with E-state index < -0.39 is 12.1 Å². The fraction of sp³-hybridized carbons (Fsp3) is 0.480. The zero-order valence-corrected chi connectivity index (χ0v) is 20.0. The largest absolute Gasteiger partial charge is 0.478 e. The van der Waals surface area contributed by atoms with Crippen LogP contribution in [0.2, 0.25) is 0 Å². The van der Waals surface area contributed by atoms with E-state index in [4.69, 9.17) is 5.11 Å². The molecule has 0 spiro atoms. The van der Waals surface area contributed by atoms with Gasteiger partial charge in [-0.1, -0.05) is 90.0 Å². The first-order chi connectivity index (χ1) is 14.3.